The summed E-state index contributed by atoms with van der Waals surface area (Å²) in [5, 5.41) is 1.18. The van der Waals surface area contributed by atoms with Crippen LogP contribution in [-0.4, -0.2) is 9.55 Å². The van der Waals surface area contributed by atoms with Crippen LogP contribution in [0.1, 0.15) is 0 Å². The highest BCUT2D eigenvalue weighted by atomic mass is 15.0. The minimum atomic E-state index is 1.04. The van der Waals surface area contributed by atoms with Crippen LogP contribution in [0.3, 0.4) is 0 Å². The predicted octanol–water partition coefficient (Wildman–Crippen LogP) is 5.85. The zero-order valence-electron chi connectivity index (χ0n) is 13.6. The molecule has 5 aromatic rings. The largest absolute Gasteiger partial charge is 0.308 e. The quantitative estimate of drug-likeness (QED) is 0.399. The number of hydrogen-bond acceptors (Lipinski definition) is 1. The highest BCUT2D eigenvalue weighted by Gasteiger charge is 2.13. The molecule has 0 spiro atoms. The number of hydrogen-bond donors (Lipinski definition) is 0. The van der Waals surface area contributed by atoms with Gasteiger partial charge in [0.15, 0.2) is 0 Å². The third-order valence-electron chi connectivity index (χ3n) is 4.64. The van der Waals surface area contributed by atoms with Crippen molar-refractivity contribution in [1.29, 1.82) is 0 Å². The van der Waals surface area contributed by atoms with Gasteiger partial charge in [-0.1, -0.05) is 54.6 Å². The van der Waals surface area contributed by atoms with E-state index in [0.717, 1.165) is 16.7 Å². The zero-order valence-corrected chi connectivity index (χ0v) is 13.6. The highest BCUT2D eigenvalue weighted by Crippen LogP contribution is 2.33. The van der Waals surface area contributed by atoms with Crippen LogP contribution < -0.4 is 0 Å². The molecule has 0 N–H and O–H groups in total. The summed E-state index contributed by atoms with van der Waals surface area (Å²) in [7, 11) is 0. The molecule has 0 atom stereocenters. The summed E-state index contributed by atoms with van der Waals surface area (Å²) < 4.78 is 2.30. The lowest BCUT2D eigenvalue weighted by Gasteiger charge is -2.08. The number of aromatic nitrogens is 2. The zero-order chi connectivity index (χ0) is 16.6. The van der Waals surface area contributed by atoms with Crippen molar-refractivity contribution >= 4 is 21.9 Å². The van der Waals surface area contributed by atoms with Crippen LogP contribution in [0, 0.1) is 0 Å². The van der Waals surface area contributed by atoms with Gasteiger partial charge >= 0.3 is 0 Å². The number of nitrogens with zero attached hydrogens (tertiary/aromatic N) is 2. The van der Waals surface area contributed by atoms with E-state index in [1.165, 1.54) is 22.0 Å². The Hall–Kier alpha value is -3.39. The Balaban J connectivity index is 1.88. The van der Waals surface area contributed by atoms with E-state index in [1.807, 2.05) is 24.4 Å². The Labute approximate surface area is 146 Å². The van der Waals surface area contributed by atoms with Gasteiger partial charge in [0.1, 0.15) is 0 Å². The van der Waals surface area contributed by atoms with Gasteiger partial charge in [-0.3, -0.25) is 4.98 Å². The second-order valence-corrected chi connectivity index (χ2v) is 6.14. The van der Waals surface area contributed by atoms with E-state index < -0.39 is 0 Å². The molecule has 0 aliphatic heterocycles. The van der Waals surface area contributed by atoms with Gasteiger partial charge in [-0.05, 0) is 47.5 Å². The first-order chi connectivity index (χ1) is 12.4. The molecule has 0 bridgehead atoms. The SMILES string of the molecule is c1ccc(-c2ccc3c4ncccc4n(-c4ccccc4)c3c2)cc1. The standard InChI is InChI=1S/C23H16N2/c1-3-8-17(9-4-1)18-13-14-20-22(16-18)25(19-10-5-2-6-11-19)21-12-7-15-24-23(20)21/h1-16H. The molecule has 0 unspecified atom stereocenters. The van der Waals surface area contributed by atoms with Crippen LogP contribution >= 0.6 is 0 Å². The molecule has 0 amide bonds. The summed E-state index contributed by atoms with van der Waals surface area (Å²) in [4.78, 5) is 4.64. The molecule has 0 aliphatic rings. The van der Waals surface area contributed by atoms with Gasteiger partial charge in [0.25, 0.3) is 0 Å². The maximum Gasteiger partial charge on any atom is 0.0963 e. The van der Waals surface area contributed by atoms with Crippen molar-refractivity contribution in [3.63, 3.8) is 0 Å². The van der Waals surface area contributed by atoms with Gasteiger partial charge in [0, 0.05) is 17.3 Å². The average Bonchev–Trinajstić information content (AvgIpc) is 3.03. The summed E-state index contributed by atoms with van der Waals surface area (Å²) in [6, 6.07) is 31.7. The van der Waals surface area contributed by atoms with Crippen molar-refractivity contribution in [1.82, 2.24) is 9.55 Å². The van der Waals surface area contributed by atoms with Crippen LogP contribution in [0.5, 0.6) is 0 Å². The van der Waals surface area contributed by atoms with Gasteiger partial charge < -0.3 is 4.57 Å². The first kappa shape index (κ1) is 14.0. The second-order valence-electron chi connectivity index (χ2n) is 6.14. The van der Waals surface area contributed by atoms with E-state index in [1.54, 1.807) is 0 Å². The highest BCUT2D eigenvalue weighted by molar-refractivity contribution is 6.08. The molecule has 2 nitrogen and oxygen atoms in total. The molecule has 0 saturated carbocycles. The first-order valence-electron chi connectivity index (χ1n) is 8.42. The molecule has 2 aromatic heterocycles. The van der Waals surface area contributed by atoms with E-state index in [0.29, 0.717) is 0 Å². The van der Waals surface area contributed by atoms with Crippen molar-refractivity contribution in [3.05, 3.63) is 97.2 Å². The third kappa shape index (κ3) is 2.23. The molecule has 2 heteroatoms. The van der Waals surface area contributed by atoms with Crippen LogP contribution in [0.25, 0.3) is 38.8 Å². The van der Waals surface area contributed by atoms with Gasteiger partial charge in [0.2, 0.25) is 0 Å². The van der Waals surface area contributed by atoms with E-state index in [2.05, 4.69) is 82.3 Å². The summed E-state index contributed by atoms with van der Waals surface area (Å²) in [6.07, 6.45) is 1.86. The fraction of sp³-hybridized carbons (Fsp3) is 0. The molecule has 118 valence electrons. The molecular weight excluding hydrogens is 304 g/mol. The van der Waals surface area contributed by atoms with Crippen molar-refractivity contribution < 1.29 is 0 Å². The number of para-hydroxylation sites is 1. The maximum atomic E-state index is 4.64. The normalized spacial score (nSPS) is 11.2. The van der Waals surface area contributed by atoms with E-state index in [9.17, 15) is 0 Å². The lowest BCUT2D eigenvalue weighted by atomic mass is 10.0. The van der Waals surface area contributed by atoms with Gasteiger partial charge in [0.05, 0.1) is 16.6 Å². The fourth-order valence-electron chi connectivity index (χ4n) is 3.50. The van der Waals surface area contributed by atoms with Gasteiger partial charge in [-0.15, -0.1) is 0 Å². The van der Waals surface area contributed by atoms with E-state index in [-0.39, 0.29) is 0 Å². The van der Waals surface area contributed by atoms with E-state index >= 15 is 0 Å². The lowest BCUT2D eigenvalue weighted by Crippen LogP contribution is -1.93. The lowest BCUT2D eigenvalue weighted by molar-refractivity contribution is 1.18. The van der Waals surface area contributed by atoms with Crippen molar-refractivity contribution in [2.24, 2.45) is 0 Å². The number of rotatable bonds is 2. The topological polar surface area (TPSA) is 17.8 Å². The maximum absolute atomic E-state index is 4.64. The number of benzene rings is 3. The van der Waals surface area contributed by atoms with Crippen LogP contribution in [-0.2, 0) is 0 Å². The fourth-order valence-corrected chi connectivity index (χ4v) is 3.50. The first-order valence-corrected chi connectivity index (χ1v) is 8.42. The molecular formula is C23H16N2. The van der Waals surface area contributed by atoms with Gasteiger partial charge in [-0.2, -0.15) is 0 Å². The Morgan fingerprint density at radius 3 is 2.16 bits per heavy atom. The summed E-state index contributed by atoms with van der Waals surface area (Å²) >= 11 is 0. The molecule has 3 aromatic carbocycles. The molecule has 0 aliphatic carbocycles. The monoisotopic (exact) mass is 320 g/mol. The van der Waals surface area contributed by atoms with Gasteiger partial charge in [-0.25, -0.2) is 0 Å². The Morgan fingerprint density at radius 2 is 1.36 bits per heavy atom. The summed E-state index contributed by atoms with van der Waals surface area (Å²) in [5.41, 5.74) is 6.95. The molecule has 0 saturated heterocycles. The third-order valence-corrected chi connectivity index (χ3v) is 4.64. The number of pyridine rings is 1. The Morgan fingerprint density at radius 1 is 0.600 bits per heavy atom. The summed E-state index contributed by atoms with van der Waals surface area (Å²) in [5.74, 6) is 0. The molecule has 0 fully saturated rings. The Bertz CT molecular complexity index is 1170. The minimum absolute atomic E-state index is 1.04. The molecule has 2 heterocycles. The summed E-state index contributed by atoms with van der Waals surface area (Å²) in [6.45, 7) is 0. The van der Waals surface area contributed by atoms with Crippen molar-refractivity contribution in [3.8, 4) is 16.8 Å². The van der Waals surface area contributed by atoms with E-state index in [4.69, 9.17) is 0 Å². The van der Waals surface area contributed by atoms with Crippen molar-refractivity contribution in [2.45, 2.75) is 0 Å². The number of fused-ring (bicyclic) bond motifs is 3. The second kappa shape index (κ2) is 5.60. The van der Waals surface area contributed by atoms with Crippen molar-refractivity contribution in [2.75, 3.05) is 0 Å². The van der Waals surface area contributed by atoms with Crippen LogP contribution in [0.2, 0.25) is 0 Å². The Kier molecular flexibility index (Phi) is 3.14. The van der Waals surface area contributed by atoms with Crippen LogP contribution in [0.4, 0.5) is 0 Å². The molecule has 25 heavy (non-hydrogen) atoms. The minimum Gasteiger partial charge on any atom is -0.308 e. The predicted molar refractivity (Wildman–Crippen MR) is 104 cm³/mol. The molecule has 0 radical (unpaired) electrons. The molecule has 5 rings (SSSR count). The smallest absolute Gasteiger partial charge is 0.0963 e. The van der Waals surface area contributed by atoms with Crippen LogP contribution in [0.15, 0.2) is 97.2 Å². The average molecular weight is 320 g/mol.